The van der Waals surface area contributed by atoms with E-state index in [2.05, 4.69) is 42.4 Å². The van der Waals surface area contributed by atoms with Crippen LogP contribution < -0.4 is 11.2 Å². The molecule has 0 saturated heterocycles. The molecule has 0 aliphatic rings. The minimum Gasteiger partial charge on any atom is -0.506 e. The van der Waals surface area contributed by atoms with Gasteiger partial charge in [0.1, 0.15) is 5.75 Å². The highest BCUT2D eigenvalue weighted by Gasteiger charge is 2.04. The molecule has 0 aliphatic carbocycles. The first kappa shape index (κ1) is 12.0. The number of hydrazone groups is 1. The molecule has 7 heteroatoms. The lowest BCUT2D eigenvalue weighted by atomic mass is 10.2. The zero-order valence-corrected chi connectivity index (χ0v) is 10.5. The minimum absolute atomic E-state index is 0.106. The van der Waals surface area contributed by atoms with E-state index in [0.29, 0.717) is 14.5 Å². The van der Waals surface area contributed by atoms with Crippen LogP contribution in [0.4, 0.5) is 4.79 Å². The number of carbonyl (C=O) groups is 1. The summed E-state index contributed by atoms with van der Waals surface area (Å²) in [5.74, 6) is 0.106. The molecule has 4 N–H and O–H groups in total. The molecular weight excluding hydrogens is 330 g/mol. The maximum Gasteiger partial charge on any atom is 0.332 e. The van der Waals surface area contributed by atoms with Crippen LogP contribution in [0.1, 0.15) is 5.56 Å². The number of nitrogens with two attached hydrogens (primary N) is 1. The number of hydrogen-bond acceptors (Lipinski definition) is 3. The van der Waals surface area contributed by atoms with E-state index in [9.17, 15) is 9.90 Å². The Kier molecular flexibility index (Phi) is 4.10. The zero-order valence-electron chi connectivity index (χ0n) is 7.37. The van der Waals surface area contributed by atoms with Crippen molar-refractivity contribution in [2.24, 2.45) is 10.8 Å². The number of halogens is 2. The molecule has 80 valence electrons. The number of carbonyl (C=O) groups excluding carboxylic acids is 1. The van der Waals surface area contributed by atoms with Crippen molar-refractivity contribution in [2.45, 2.75) is 0 Å². The smallest absolute Gasteiger partial charge is 0.332 e. The van der Waals surface area contributed by atoms with E-state index < -0.39 is 6.03 Å². The van der Waals surface area contributed by atoms with Crippen molar-refractivity contribution in [1.29, 1.82) is 0 Å². The standard InChI is InChI=1S/C8H7Br2N3O2/c9-5-1-4(2-6(10)7(5)14)3-12-13-8(11)15/h1-3,14H,(H3,11,13,15)/b12-3+. The predicted octanol–water partition coefficient (Wildman–Crippen LogP) is 1.92. The van der Waals surface area contributed by atoms with Gasteiger partial charge in [0.15, 0.2) is 0 Å². The second-order valence-corrected chi connectivity index (χ2v) is 4.28. The summed E-state index contributed by atoms with van der Waals surface area (Å²) < 4.78 is 1.05. The number of urea groups is 1. The second-order valence-electron chi connectivity index (χ2n) is 2.57. The fraction of sp³-hybridized carbons (Fsp3) is 0. The van der Waals surface area contributed by atoms with Crippen molar-refractivity contribution >= 4 is 44.1 Å². The van der Waals surface area contributed by atoms with Gasteiger partial charge in [-0.25, -0.2) is 10.2 Å². The first-order chi connectivity index (χ1) is 7.00. The number of nitrogens with one attached hydrogen (secondary N) is 1. The number of rotatable bonds is 2. The number of amides is 2. The highest BCUT2D eigenvalue weighted by Crippen LogP contribution is 2.32. The summed E-state index contributed by atoms with van der Waals surface area (Å²) in [5, 5.41) is 13.0. The van der Waals surface area contributed by atoms with Crippen LogP contribution in [0.2, 0.25) is 0 Å². The third-order valence-corrected chi connectivity index (χ3v) is 2.64. The van der Waals surface area contributed by atoms with Gasteiger partial charge in [-0.1, -0.05) is 0 Å². The number of nitrogens with zero attached hydrogens (tertiary/aromatic N) is 1. The Morgan fingerprint density at radius 1 is 1.47 bits per heavy atom. The molecule has 1 aromatic carbocycles. The van der Waals surface area contributed by atoms with Crippen LogP contribution in [0.25, 0.3) is 0 Å². The number of hydrogen-bond donors (Lipinski definition) is 3. The van der Waals surface area contributed by atoms with Crippen LogP contribution in [-0.2, 0) is 0 Å². The van der Waals surface area contributed by atoms with Gasteiger partial charge >= 0.3 is 6.03 Å². The van der Waals surface area contributed by atoms with Crippen LogP contribution in [0, 0.1) is 0 Å². The number of primary amides is 1. The summed E-state index contributed by atoms with van der Waals surface area (Å²) >= 11 is 6.33. The monoisotopic (exact) mass is 335 g/mol. The lowest BCUT2D eigenvalue weighted by molar-refractivity contribution is 0.249. The van der Waals surface area contributed by atoms with Gasteiger partial charge in [0.2, 0.25) is 0 Å². The van der Waals surface area contributed by atoms with Gasteiger partial charge in [0.25, 0.3) is 0 Å². The molecule has 2 amide bonds. The molecule has 0 bridgehead atoms. The lowest BCUT2D eigenvalue weighted by Gasteiger charge is -2.01. The first-order valence-electron chi connectivity index (χ1n) is 3.77. The molecule has 1 aromatic rings. The average Bonchev–Trinajstić information content (AvgIpc) is 2.13. The molecule has 0 fully saturated rings. The number of aromatic hydroxyl groups is 1. The normalized spacial score (nSPS) is 10.5. The molecule has 5 nitrogen and oxygen atoms in total. The Morgan fingerprint density at radius 3 is 2.47 bits per heavy atom. The quantitative estimate of drug-likeness (QED) is 0.569. The fourth-order valence-corrected chi connectivity index (χ4v) is 2.05. The molecule has 0 aromatic heterocycles. The Balaban J connectivity index is 2.87. The number of phenolic OH excluding ortho intramolecular Hbond substituents is 1. The summed E-state index contributed by atoms with van der Waals surface area (Å²) in [4.78, 5) is 10.3. The Morgan fingerprint density at radius 2 is 2.00 bits per heavy atom. The van der Waals surface area contributed by atoms with Crippen LogP contribution in [0.5, 0.6) is 5.75 Å². The van der Waals surface area contributed by atoms with Crippen LogP contribution in [0.3, 0.4) is 0 Å². The van der Waals surface area contributed by atoms with Gasteiger partial charge in [0, 0.05) is 0 Å². The van der Waals surface area contributed by atoms with Gasteiger partial charge in [-0.2, -0.15) is 5.10 Å². The average molecular weight is 337 g/mol. The van der Waals surface area contributed by atoms with Gasteiger partial charge in [-0.3, -0.25) is 0 Å². The number of phenols is 1. The lowest BCUT2D eigenvalue weighted by Crippen LogP contribution is -2.24. The third-order valence-electron chi connectivity index (χ3n) is 1.43. The summed E-state index contributed by atoms with van der Waals surface area (Å²) in [6, 6.07) is 2.56. The fourth-order valence-electron chi connectivity index (χ4n) is 0.830. The minimum atomic E-state index is -0.733. The van der Waals surface area contributed by atoms with Crippen molar-refractivity contribution in [1.82, 2.24) is 5.43 Å². The molecule has 0 spiro atoms. The second kappa shape index (κ2) is 5.13. The van der Waals surface area contributed by atoms with Gasteiger partial charge in [-0.15, -0.1) is 0 Å². The van der Waals surface area contributed by atoms with E-state index in [0.717, 1.165) is 0 Å². The molecule has 15 heavy (non-hydrogen) atoms. The Hall–Kier alpha value is -1.08. The van der Waals surface area contributed by atoms with Crippen molar-refractivity contribution in [3.05, 3.63) is 26.6 Å². The van der Waals surface area contributed by atoms with Crippen molar-refractivity contribution in [2.75, 3.05) is 0 Å². The van der Waals surface area contributed by atoms with Crippen LogP contribution in [0.15, 0.2) is 26.2 Å². The molecule has 0 aliphatic heterocycles. The van der Waals surface area contributed by atoms with Crippen LogP contribution in [-0.4, -0.2) is 17.4 Å². The highest BCUT2D eigenvalue weighted by molar-refractivity contribution is 9.11. The first-order valence-corrected chi connectivity index (χ1v) is 5.36. The Bertz CT molecular complexity index is 397. The maximum absolute atomic E-state index is 10.3. The summed E-state index contributed by atoms with van der Waals surface area (Å²) in [6.07, 6.45) is 1.40. The van der Waals surface area contributed by atoms with E-state index in [1.807, 2.05) is 0 Å². The van der Waals surface area contributed by atoms with E-state index in [4.69, 9.17) is 5.73 Å². The molecule has 0 unspecified atom stereocenters. The SMILES string of the molecule is NC(=O)N/N=C/c1cc(Br)c(O)c(Br)c1. The summed E-state index contributed by atoms with van der Waals surface area (Å²) in [6.45, 7) is 0. The zero-order chi connectivity index (χ0) is 11.4. The Labute approximate surface area is 103 Å². The topological polar surface area (TPSA) is 87.7 Å². The molecular formula is C8H7Br2N3O2. The highest BCUT2D eigenvalue weighted by atomic mass is 79.9. The third kappa shape index (κ3) is 3.52. The summed E-state index contributed by atoms with van der Waals surface area (Å²) in [5.41, 5.74) is 7.58. The van der Waals surface area contributed by atoms with Crippen molar-refractivity contribution in [3.8, 4) is 5.75 Å². The predicted molar refractivity (Wildman–Crippen MR) is 63.8 cm³/mol. The number of benzene rings is 1. The van der Waals surface area contributed by atoms with Gasteiger partial charge < -0.3 is 10.8 Å². The molecule has 1 rings (SSSR count). The van der Waals surface area contributed by atoms with Crippen LogP contribution >= 0.6 is 31.9 Å². The maximum atomic E-state index is 10.3. The van der Waals surface area contributed by atoms with E-state index >= 15 is 0 Å². The molecule has 0 heterocycles. The van der Waals surface area contributed by atoms with E-state index in [1.165, 1.54) is 6.21 Å². The molecule has 0 radical (unpaired) electrons. The van der Waals surface area contributed by atoms with Gasteiger partial charge in [0.05, 0.1) is 15.2 Å². The molecule has 0 saturated carbocycles. The summed E-state index contributed by atoms with van der Waals surface area (Å²) in [7, 11) is 0. The molecule has 0 atom stereocenters. The van der Waals surface area contributed by atoms with Crippen molar-refractivity contribution < 1.29 is 9.90 Å². The largest absolute Gasteiger partial charge is 0.506 e. The van der Waals surface area contributed by atoms with Gasteiger partial charge in [-0.05, 0) is 49.6 Å². The van der Waals surface area contributed by atoms with E-state index in [1.54, 1.807) is 12.1 Å². The van der Waals surface area contributed by atoms with Crippen molar-refractivity contribution in [3.63, 3.8) is 0 Å². The van der Waals surface area contributed by atoms with E-state index in [-0.39, 0.29) is 5.75 Å².